The second kappa shape index (κ2) is 9.58. The second-order valence-corrected chi connectivity index (χ2v) is 9.64. The number of hydrogen-bond donors (Lipinski definition) is 1. The zero-order valence-corrected chi connectivity index (χ0v) is 20.3. The van der Waals surface area contributed by atoms with E-state index in [4.69, 9.17) is 4.74 Å². The van der Waals surface area contributed by atoms with Crippen molar-refractivity contribution in [1.29, 1.82) is 0 Å². The molecule has 0 radical (unpaired) electrons. The Morgan fingerprint density at radius 1 is 0.882 bits per heavy atom. The highest BCUT2D eigenvalue weighted by atomic mass is 16.5. The molecule has 0 saturated carbocycles. The highest BCUT2D eigenvalue weighted by Gasteiger charge is 2.54. The molecule has 180 valence electrons. The van der Waals surface area contributed by atoms with E-state index in [9.17, 15) is 14.4 Å². The van der Waals surface area contributed by atoms with Crippen molar-refractivity contribution in [2.24, 2.45) is 0 Å². The molecule has 0 aliphatic carbocycles. The first-order valence-electron chi connectivity index (χ1n) is 11.9. The first kappa shape index (κ1) is 24.0. The van der Waals surface area contributed by atoms with Crippen LogP contribution in [0.15, 0.2) is 48.5 Å². The summed E-state index contributed by atoms with van der Waals surface area (Å²) in [5, 5.41) is 2.93. The summed E-state index contributed by atoms with van der Waals surface area (Å²) in [5.74, 6) is -0.469. The molecular weight excluding hydrogens is 430 g/mol. The van der Waals surface area contributed by atoms with Crippen molar-refractivity contribution >= 4 is 17.7 Å². The maximum absolute atomic E-state index is 13.7. The Bertz CT molecular complexity index is 1050. The van der Waals surface area contributed by atoms with Gasteiger partial charge in [-0.3, -0.25) is 19.3 Å². The van der Waals surface area contributed by atoms with Gasteiger partial charge in [0.05, 0.1) is 6.61 Å². The van der Waals surface area contributed by atoms with Gasteiger partial charge in [0, 0.05) is 43.1 Å². The molecule has 3 amide bonds. The zero-order valence-electron chi connectivity index (χ0n) is 20.3. The Morgan fingerprint density at radius 3 is 1.88 bits per heavy atom. The Morgan fingerprint density at radius 2 is 1.38 bits per heavy atom. The fourth-order valence-corrected chi connectivity index (χ4v) is 4.72. The Kier molecular flexibility index (Phi) is 6.75. The molecule has 0 bridgehead atoms. The summed E-state index contributed by atoms with van der Waals surface area (Å²) >= 11 is 0. The van der Waals surface area contributed by atoms with Crippen LogP contribution in [0.25, 0.3) is 0 Å². The summed E-state index contributed by atoms with van der Waals surface area (Å²) in [4.78, 5) is 43.2. The maximum Gasteiger partial charge on any atom is 0.256 e. The molecule has 2 aliphatic rings. The molecule has 2 aromatic carbocycles. The van der Waals surface area contributed by atoms with E-state index in [2.05, 4.69) is 5.32 Å². The number of likely N-dealkylation sites (tertiary alicyclic amines) is 1. The van der Waals surface area contributed by atoms with Gasteiger partial charge in [0.2, 0.25) is 5.91 Å². The number of rotatable bonds is 4. The average molecular weight is 464 g/mol. The van der Waals surface area contributed by atoms with Crippen molar-refractivity contribution in [3.05, 3.63) is 70.8 Å². The lowest BCUT2D eigenvalue weighted by molar-refractivity contribution is -0.128. The standard InChI is InChI=1S/C27H33N3O4/c1-18(2)28-24(31)23-17-34-27(30(23)26(33)22-11-7-20(4)8-12-22)13-15-29(16-14-27)25(32)21-9-5-19(3)6-10-21/h5-12,18,23H,13-17H2,1-4H3,(H,28,31). The molecule has 34 heavy (non-hydrogen) atoms. The number of hydrogen-bond acceptors (Lipinski definition) is 4. The summed E-state index contributed by atoms with van der Waals surface area (Å²) in [7, 11) is 0. The molecule has 7 nitrogen and oxygen atoms in total. The normalized spacial score (nSPS) is 19.5. The lowest BCUT2D eigenvalue weighted by Gasteiger charge is -2.44. The van der Waals surface area contributed by atoms with Gasteiger partial charge in [0.15, 0.2) is 0 Å². The summed E-state index contributed by atoms with van der Waals surface area (Å²) < 4.78 is 6.23. The minimum Gasteiger partial charge on any atom is -0.353 e. The smallest absolute Gasteiger partial charge is 0.256 e. The van der Waals surface area contributed by atoms with Crippen LogP contribution in [0, 0.1) is 13.8 Å². The van der Waals surface area contributed by atoms with Gasteiger partial charge in [0.1, 0.15) is 11.8 Å². The number of amides is 3. The maximum atomic E-state index is 13.7. The molecule has 1 N–H and O–H groups in total. The fourth-order valence-electron chi connectivity index (χ4n) is 4.72. The van der Waals surface area contributed by atoms with Gasteiger partial charge in [-0.05, 0) is 52.0 Å². The Balaban J connectivity index is 1.57. The predicted octanol–water partition coefficient (Wildman–Crippen LogP) is 3.30. The number of nitrogens with one attached hydrogen (secondary N) is 1. The van der Waals surface area contributed by atoms with Crippen LogP contribution < -0.4 is 5.32 Å². The fraction of sp³-hybridized carbons (Fsp3) is 0.444. The minimum atomic E-state index is -0.912. The van der Waals surface area contributed by atoms with Crippen molar-refractivity contribution in [3.8, 4) is 0 Å². The lowest BCUT2D eigenvalue weighted by Crippen LogP contribution is -2.60. The van der Waals surface area contributed by atoms with Gasteiger partial charge in [0.25, 0.3) is 11.8 Å². The average Bonchev–Trinajstić information content (AvgIpc) is 3.18. The monoisotopic (exact) mass is 463 g/mol. The number of benzene rings is 2. The van der Waals surface area contributed by atoms with Crippen LogP contribution in [0.3, 0.4) is 0 Å². The van der Waals surface area contributed by atoms with E-state index < -0.39 is 11.8 Å². The second-order valence-electron chi connectivity index (χ2n) is 9.64. The van der Waals surface area contributed by atoms with Crippen molar-refractivity contribution < 1.29 is 19.1 Å². The predicted molar refractivity (Wildman–Crippen MR) is 129 cm³/mol. The molecule has 4 rings (SSSR count). The molecule has 2 heterocycles. The van der Waals surface area contributed by atoms with Crippen molar-refractivity contribution in [3.63, 3.8) is 0 Å². The molecule has 0 aromatic heterocycles. The van der Waals surface area contributed by atoms with Gasteiger partial charge < -0.3 is 15.0 Å². The first-order valence-corrected chi connectivity index (χ1v) is 11.9. The van der Waals surface area contributed by atoms with Crippen LogP contribution in [0.2, 0.25) is 0 Å². The third kappa shape index (κ3) is 4.71. The largest absolute Gasteiger partial charge is 0.353 e. The SMILES string of the molecule is Cc1ccc(C(=O)N2CCC3(CC2)OCC(C(=O)NC(C)C)N3C(=O)c2ccc(C)cc2)cc1. The van der Waals surface area contributed by atoms with Crippen molar-refractivity contribution in [1.82, 2.24) is 15.1 Å². The van der Waals surface area contributed by atoms with Crippen LogP contribution in [-0.2, 0) is 9.53 Å². The van der Waals surface area contributed by atoms with Gasteiger partial charge in [-0.1, -0.05) is 35.4 Å². The number of aryl methyl sites for hydroxylation is 2. The molecule has 2 aliphatic heterocycles. The molecule has 2 fully saturated rings. The molecular formula is C27H33N3O4. The number of carbonyl (C=O) groups excluding carboxylic acids is 3. The molecule has 7 heteroatoms. The van der Waals surface area contributed by atoms with Gasteiger partial charge >= 0.3 is 0 Å². The zero-order chi connectivity index (χ0) is 24.5. The highest BCUT2D eigenvalue weighted by molar-refractivity contribution is 5.98. The molecule has 1 atom stereocenters. The highest BCUT2D eigenvalue weighted by Crippen LogP contribution is 2.39. The van der Waals surface area contributed by atoms with Crippen LogP contribution in [0.4, 0.5) is 0 Å². The topological polar surface area (TPSA) is 79.0 Å². The lowest BCUT2D eigenvalue weighted by atomic mass is 9.95. The van der Waals surface area contributed by atoms with Gasteiger partial charge in [-0.25, -0.2) is 0 Å². The van der Waals surface area contributed by atoms with Crippen molar-refractivity contribution in [2.75, 3.05) is 19.7 Å². The van der Waals surface area contributed by atoms with E-state index in [1.165, 1.54) is 0 Å². The van der Waals surface area contributed by atoms with Crippen LogP contribution in [0.1, 0.15) is 58.5 Å². The number of nitrogens with zero attached hydrogens (tertiary/aromatic N) is 2. The third-order valence-corrected chi connectivity index (χ3v) is 6.64. The van der Waals surface area contributed by atoms with Crippen LogP contribution in [-0.4, -0.2) is 65.0 Å². The van der Waals surface area contributed by atoms with E-state index in [-0.39, 0.29) is 30.4 Å². The van der Waals surface area contributed by atoms with Gasteiger partial charge in [-0.2, -0.15) is 0 Å². The van der Waals surface area contributed by atoms with Crippen LogP contribution >= 0.6 is 0 Å². The summed E-state index contributed by atoms with van der Waals surface area (Å²) in [6.45, 7) is 8.78. The van der Waals surface area contributed by atoms with Crippen LogP contribution in [0.5, 0.6) is 0 Å². The van der Waals surface area contributed by atoms with E-state index in [1.807, 2.05) is 64.1 Å². The molecule has 1 unspecified atom stereocenters. The minimum absolute atomic E-state index is 0.0293. The number of piperidine rings is 1. The Labute approximate surface area is 201 Å². The van der Waals surface area contributed by atoms with E-state index in [0.29, 0.717) is 37.1 Å². The van der Waals surface area contributed by atoms with Gasteiger partial charge in [-0.15, -0.1) is 0 Å². The molecule has 2 aromatic rings. The van der Waals surface area contributed by atoms with E-state index in [1.54, 1.807) is 21.9 Å². The summed E-state index contributed by atoms with van der Waals surface area (Å²) in [6.07, 6.45) is 0.904. The van der Waals surface area contributed by atoms with E-state index in [0.717, 1.165) is 11.1 Å². The Hall–Kier alpha value is -3.19. The quantitative estimate of drug-likeness (QED) is 0.755. The third-order valence-electron chi connectivity index (χ3n) is 6.64. The first-order chi connectivity index (χ1) is 16.2. The summed E-state index contributed by atoms with van der Waals surface area (Å²) in [6, 6.07) is 14.1. The number of ether oxygens (including phenoxy) is 1. The molecule has 2 saturated heterocycles. The van der Waals surface area contributed by atoms with E-state index >= 15 is 0 Å². The molecule has 1 spiro atoms. The number of carbonyl (C=O) groups is 3. The summed E-state index contributed by atoms with van der Waals surface area (Å²) in [5.41, 5.74) is 2.42. The van der Waals surface area contributed by atoms with Crippen molar-refractivity contribution in [2.45, 2.75) is 58.3 Å².